The van der Waals surface area contributed by atoms with Crippen LogP contribution in [0.2, 0.25) is 5.02 Å². The fraction of sp³-hybridized carbons (Fsp3) is 0. The van der Waals surface area contributed by atoms with Gasteiger partial charge in [-0.3, -0.25) is 0 Å². The molecular formula is C12H11ClFN. The zero-order valence-electron chi connectivity index (χ0n) is 8.13. The van der Waals surface area contributed by atoms with Gasteiger partial charge in [0.1, 0.15) is 0 Å². The van der Waals surface area contributed by atoms with Crippen LogP contribution in [0, 0.1) is 0 Å². The molecule has 0 saturated heterocycles. The topological polar surface area (TPSA) is 26.0 Å². The maximum atomic E-state index is 13.6. The molecule has 1 nitrogen and oxygen atoms in total. The van der Waals surface area contributed by atoms with Gasteiger partial charge in [0.15, 0.2) is 5.83 Å². The zero-order valence-corrected chi connectivity index (χ0v) is 8.89. The van der Waals surface area contributed by atoms with Crippen molar-refractivity contribution in [2.24, 2.45) is 5.73 Å². The average molecular weight is 224 g/mol. The highest BCUT2D eigenvalue weighted by Gasteiger charge is 2.09. The molecule has 0 unspecified atom stereocenters. The molecule has 0 atom stereocenters. The first-order chi connectivity index (χ1) is 7.07. The van der Waals surface area contributed by atoms with Crippen molar-refractivity contribution in [1.29, 1.82) is 0 Å². The number of hydrogen-bond acceptors (Lipinski definition) is 1. The Kier molecular flexibility index (Phi) is 3.69. The minimum absolute atomic E-state index is 0.134. The summed E-state index contributed by atoms with van der Waals surface area (Å²) < 4.78 is 13.6. The molecule has 78 valence electrons. The van der Waals surface area contributed by atoms with E-state index in [0.29, 0.717) is 10.6 Å². The fourth-order valence-electron chi connectivity index (χ4n) is 1.17. The summed E-state index contributed by atoms with van der Waals surface area (Å²) in [5.74, 6) is -0.599. The van der Waals surface area contributed by atoms with Crippen molar-refractivity contribution < 1.29 is 4.39 Å². The highest BCUT2D eigenvalue weighted by atomic mass is 35.5. The van der Waals surface area contributed by atoms with Crippen LogP contribution in [-0.2, 0) is 0 Å². The van der Waals surface area contributed by atoms with Gasteiger partial charge in [-0.05, 0) is 6.07 Å². The second-order valence-electron chi connectivity index (χ2n) is 2.94. The molecule has 0 aromatic heterocycles. The molecule has 0 aliphatic carbocycles. The lowest BCUT2D eigenvalue weighted by Gasteiger charge is -2.07. The number of benzene rings is 1. The molecule has 0 fully saturated rings. The van der Waals surface area contributed by atoms with Crippen molar-refractivity contribution >= 4 is 17.2 Å². The van der Waals surface area contributed by atoms with E-state index in [1.807, 2.05) is 0 Å². The first-order valence-corrected chi connectivity index (χ1v) is 4.67. The lowest BCUT2D eigenvalue weighted by Crippen LogP contribution is -1.98. The molecule has 0 aliphatic heterocycles. The maximum Gasteiger partial charge on any atom is 0.153 e. The lowest BCUT2D eigenvalue weighted by atomic mass is 10.0. The van der Waals surface area contributed by atoms with Crippen LogP contribution in [0.15, 0.2) is 55.0 Å². The Morgan fingerprint density at radius 1 is 1.40 bits per heavy atom. The van der Waals surface area contributed by atoms with E-state index in [2.05, 4.69) is 13.2 Å². The van der Waals surface area contributed by atoms with Gasteiger partial charge in [-0.2, -0.15) is 0 Å². The summed E-state index contributed by atoms with van der Waals surface area (Å²) in [4.78, 5) is 0. The SMILES string of the molecule is C=C/C(=C(/F)C(=C)N)c1ccccc1Cl. The Balaban J connectivity index is 3.38. The van der Waals surface area contributed by atoms with E-state index < -0.39 is 5.83 Å². The summed E-state index contributed by atoms with van der Waals surface area (Å²) in [7, 11) is 0. The minimum Gasteiger partial charge on any atom is -0.397 e. The van der Waals surface area contributed by atoms with Crippen LogP contribution < -0.4 is 5.73 Å². The Bertz CT molecular complexity index is 435. The quantitative estimate of drug-likeness (QED) is 0.778. The summed E-state index contributed by atoms with van der Waals surface area (Å²) in [5, 5.41) is 0.448. The van der Waals surface area contributed by atoms with E-state index in [-0.39, 0.29) is 11.3 Å². The molecule has 1 rings (SSSR count). The normalized spacial score (nSPS) is 11.9. The van der Waals surface area contributed by atoms with Crippen LogP contribution in [0.4, 0.5) is 4.39 Å². The number of rotatable bonds is 3. The van der Waals surface area contributed by atoms with Crippen LogP contribution in [0.1, 0.15) is 5.56 Å². The van der Waals surface area contributed by atoms with Gasteiger partial charge in [0.05, 0.1) is 5.70 Å². The summed E-state index contributed by atoms with van der Waals surface area (Å²) in [6, 6.07) is 6.90. The van der Waals surface area contributed by atoms with E-state index in [1.54, 1.807) is 24.3 Å². The van der Waals surface area contributed by atoms with Gasteiger partial charge in [-0.25, -0.2) is 4.39 Å². The Morgan fingerprint density at radius 3 is 2.47 bits per heavy atom. The van der Waals surface area contributed by atoms with Crippen molar-refractivity contribution in [1.82, 2.24) is 0 Å². The van der Waals surface area contributed by atoms with Gasteiger partial charge >= 0.3 is 0 Å². The van der Waals surface area contributed by atoms with Crippen LogP contribution in [0.25, 0.3) is 5.57 Å². The molecule has 0 bridgehead atoms. The number of halogens is 2. The summed E-state index contributed by atoms with van der Waals surface area (Å²) in [6.07, 6.45) is 1.37. The molecule has 15 heavy (non-hydrogen) atoms. The third-order valence-electron chi connectivity index (χ3n) is 1.89. The van der Waals surface area contributed by atoms with Gasteiger partial charge in [-0.15, -0.1) is 0 Å². The number of nitrogens with two attached hydrogens (primary N) is 1. The monoisotopic (exact) mass is 223 g/mol. The van der Waals surface area contributed by atoms with Gasteiger partial charge in [0, 0.05) is 16.2 Å². The van der Waals surface area contributed by atoms with E-state index in [4.69, 9.17) is 17.3 Å². The van der Waals surface area contributed by atoms with Crippen molar-refractivity contribution in [2.45, 2.75) is 0 Å². The zero-order chi connectivity index (χ0) is 11.4. The van der Waals surface area contributed by atoms with E-state index in [9.17, 15) is 4.39 Å². The van der Waals surface area contributed by atoms with Crippen LogP contribution >= 0.6 is 11.6 Å². The molecule has 3 heteroatoms. The second-order valence-corrected chi connectivity index (χ2v) is 3.34. The van der Waals surface area contributed by atoms with Gasteiger partial charge in [0.25, 0.3) is 0 Å². The summed E-state index contributed by atoms with van der Waals surface area (Å²) in [6.45, 7) is 6.86. The third kappa shape index (κ3) is 2.48. The molecule has 1 aromatic rings. The van der Waals surface area contributed by atoms with E-state index in [0.717, 1.165) is 0 Å². The molecule has 0 saturated carbocycles. The molecule has 0 amide bonds. The maximum absolute atomic E-state index is 13.6. The largest absolute Gasteiger partial charge is 0.397 e. The summed E-state index contributed by atoms with van der Waals surface area (Å²) in [5.41, 5.74) is 5.96. The molecule has 1 aromatic carbocycles. The lowest BCUT2D eigenvalue weighted by molar-refractivity contribution is 0.654. The molecule has 0 spiro atoms. The Labute approximate surface area is 93.4 Å². The highest BCUT2D eigenvalue weighted by Crippen LogP contribution is 2.28. The number of hydrogen-bond donors (Lipinski definition) is 1. The fourth-order valence-corrected chi connectivity index (χ4v) is 1.41. The van der Waals surface area contributed by atoms with Gasteiger partial charge in [0.2, 0.25) is 0 Å². The Morgan fingerprint density at radius 2 is 2.00 bits per heavy atom. The average Bonchev–Trinajstić information content (AvgIpc) is 2.21. The van der Waals surface area contributed by atoms with E-state index in [1.165, 1.54) is 6.08 Å². The van der Waals surface area contributed by atoms with E-state index >= 15 is 0 Å². The van der Waals surface area contributed by atoms with Crippen molar-refractivity contribution in [3.8, 4) is 0 Å². The van der Waals surface area contributed by atoms with Crippen molar-refractivity contribution in [2.75, 3.05) is 0 Å². The van der Waals surface area contributed by atoms with Gasteiger partial charge in [-0.1, -0.05) is 49.0 Å². The smallest absolute Gasteiger partial charge is 0.153 e. The van der Waals surface area contributed by atoms with Crippen LogP contribution in [0.5, 0.6) is 0 Å². The molecule has 0 heterocycles. The summed E-state index contributed by atoms with van der Waals surface area (Å²) >= 11 is 5.93. The predicted octanol–water partition coefficient (Wildman–Crippen LogP) is 3.68. The third-order valence-corrected chi connectivity index (χ3v) is 2.22. The van der Waals surface area contributed by atoms with Gasteiger partial charge < -0.3 is 5.73 Å². The highest BCUT2D eigenvalue weighted by molar-refractivity contribution is 6.32. The first kappa shape index (κ1) is 11.5. The molecular weight excluding hydrogens is 213 g/mol. The van der Waals surface area contributed by atoms with Crippen LogP contribution in [0.3, 0.4) is 0 Å². The second kappa shape index (κ2) is 4.80. The molecule has 2 N–H and O–H groups in total. The van der Waals surface area contributed by atoms with Crippen molar-refractivity contribution in [3.05, 3.63) is 65.6 Å². The minimum atomic E-state index is -0.599. The molecule has 0 aliphatic rings. The van der Waals surface area contributed by atoms with Crippen molar-refractivity contribution in [3.63, 3.8) is 0 Å². The molecule has 0 radical (unpaired) electrons. The van der Waals surface area contributed by atoms with Crippen LogP contribution in [-0.4, -0.2) is 0 Å². The Hall–Kier alpha value is -1.54. The predicted molar refractivity (Wildman–Crippen MR) is 63.0 cm³/mol. The standard InChI is InChI=1S/C12H11ClFN/c1-3-9(12(14)8(2)15)10-6-4-5-7-11(10)13/h3-7H,1-2,15H2/b12-9-. The number of allylic oxidation sites excluding steroid dienone is 3. The first-order valence-electron chi connectivity index (χ1n) is 4.29.